The predicted molar refractivity (Wildman–Crippen MR) is 278 cm³/mol. The van der Waals surface area contributed by atoms with Gasteiger partial charge in [0.15, 0.2) is 0 Å². The maximum atomic E-state index is 18.6. The summed E-state index contributed by atoms with van der Waals surface area (Å²) < 4.78 is 216. The minimum Gasteiger partial charge on any atom is -0.545 e. The number of rotatable bonds is 30. The number of carboxylic acid groups (broad SMARTS) is 1. The fourth-order valence-corrected chi connectivity index (χ4v) is 18.4. The standard InChI is InChI=1S/C51H69F13P.C7H5N3O2/c1-4-7-10-13-15-27-36-65(43(52)38-47(53,54)55,37-28-16-14-11-8-5-2)48(45(50(59,60)61)40-31-22-18-23-32-40,46(51(62,63)64)41-33-24-19-25-34-41)42(35-26-12-9-6-3)44(49(56,57)58)39-29-20-17-21-30-39;11-7(12)4-2-1-3-5-6(4)9-10-8-5/h17-25,29-34,42-46H,4-16,26-28,35-38H2,1-3H3;1-3H,(H,11,12)(H,8,9,10)/q+1;/p-1. The Morgan fingerprint density at radius 2 is 0.935 bits per heavy atom. The van der Waals surface area contributed by atoms with Gasteiger partial charge in [0, 0.05) is 11.5 Å². The molecule has 19 heteroatoms. The minimum atomic E-state index is -5.82. The van der Waals surface area contributed by atoms with E-state index in [1.807, 2.05) is 13.8 Å². The van der Waals surface area contributed by atoms with Crippen LogP contribution < -0.4 is 5.11 Å². The Hall–Kier alpha value is -4.73. The summed E-state index contributed by atoms with van der Waals surface area (Å²) >= 11 is 0. The van der Waals surface area contributed by atoms with E-state index in [4.69, 9.17) is 0 Å². The monoisotopic (exact) mass is 1120 g/mol. The second kappa shape index (κ2) is 30.0. The van der Waals surface area contributed by atoms with Crippen molar-refractivity contribution in [2.45, 2.75) is 190 Å². The number of para-hydroxylation sites is 1. The molecule has 77 heavy (non-hydrogen) atoms. The highest BCUT2D eigenvalue weighted by molar-refractivity contribution is 7.78. The average molecular weight is 1120 g/mol. The van der Waals surface area contributed by atoms with E-state index in [1.165, 1.54) is 36.4 Å². The van der Waals surface area contributed by atoms with E-state index in [1.54, 1.807) is 19.1 Å². The first kappa shape index (κ1) is 64.8. The highest BCUT2D eigenvalue weighted by atomic mass is 31.2. The van der Waals surface area contributed by atoms with Crippen LogP contribution >= 0.6 is 7.26 Å². The molecule has 5 nitrogen and oxygen atoms in total. The number of fused-ring (bicyclic) bond motifs is 1. The van der Waals surface area contributed by atoms with Gasteiger partial charge in [-0.3, -0.25) is 0 Å². The largest absolute Gasteiger partial charge is 0.545 e. The molecule has 5 aromatic rings. The zero-order valence-corrected chi connectivity index (χ0v) is 44.9. The number of unbranched alkanes of at least 4 members (excludes halogenated alkanes) is 13. The van der Waals surface area contributed by atoms with Crippen LogP contribution in [0.5, 0.6) is 0 Å². The van der Waals surface area contributed by atoms with Crippen molar-refractivity contribution in [3.63, 3.8) is 0 Å². The molecule has 5 atom stereocenters. The number of halogens is 13. The van der Waals surface area contributed by atoms with Gasteiger partial charge in [0.1, 0.15) is 34.4 Å². The van der Waals surface area contributed by atoms with Crippen LogP contribution in [-0.4, -0.2) is 69.5 Å². The number of carboxylic acids is 1. The van der Waals surface area contributed by atoms with Crippen molar-refractivity contribution in [2.75, 3.05) is 12.3 Å². The molecule has 4 aromatic carbocycles. The van der Waals surface area contributed by atoms with Crippen LogP contribution in [0.4, 0.5) is 57.1 Å². The first-order valence-corrected chi connectivity index (χ1v) is 29.1. The van der Waals surface area contributed by atoms with Gasteiger partial charge in [0.05, 0.1) is 31.5 Å². The lowest BCUT2D eigenvalue weighted by Crippen LogP contribution is -2.62. The molecule has 0 fully saturated rings. The molecule has 0 aliphatic carbocycles. The maximum absolute atomic E-state index is 18.6. The Kier molecular flexibility index (Phi) is 25.3. The Morgan fingerprint density at radius 1 is 0.519 bits per heavy atom. The molecule has 0 amide bonds. The van der Waals surface area contributed by atoms with E-state index in [2.05, 4.69) is 15.4 Å². The second-order valence-electron chi connectivity index (χ2n) is 20.1. The third kappa shape index (κ3) is 17.6. The molecule has 1 aromatic heterocycles. The number of carbonyl (C=O) groups is 1. The number of aromatic nitrogens is 3. The fourth-order valence-electron chi connectivity index (χ4n) is 11.7. The summed E-state index contributed by atoms with van der Waals surface area (Å²) in [6.45, 7) is 5.61. The number of benzene rings is 4. The molecule has 5 unspecified atom stereocenters. The second-order valence-corrected chi connectivity index (χ2v) is 24.4. The van der Waals surface area contributed by atoms with Gasteiger partial charge in [-0.15, -0.1) is 0 Å². The molecule has 0 bridgehead atoms. The van der Waals surface area contributed by atoms with Crippen LogP contribution in [0.1, 0.15) is 181 Å². The normalized spacial score (nSPS) is 15.5. The number of carbonyl (C=O) groups excluding carboxylic acids is 1. The highest BCUT2D eigenvalue weighted by Crippen LogP contribution is 2.86. The van der Waals surface area contributed by atoms with Crippen molar-refractivity contribution < 1.29 is 67.0 Å². The molecule has 0 aliphatic heterocycles. The molecule has 0 spiro atoms. The number of alkyl halides is 13. The van der Waals surface area contributed by atoms with Crippen molar-refractivity contribution in [1.29, 1.82) is 0 Å². The lowest BCUT2D eigenvalue weighted by molar-refractivity contribution is -0.254. The summed E-state index contributed by atoms with van der Waals surface area (Å²) in [4.78, 5) is 10.5. The van der Waals surface area contributed by atoms with Crippen molar-refractivity contribution in [2.24, 2.45) is 5.92 Å². The summed E-state index contributed by atoms with van der Waals surface area (Å²) in [5.41, 5.74) is -1.40. The lowest BCUT2D eigenvalue weighted by Gasteiger charge is -2.59. The fraction of sp³-hybridized carbons (Fsp3) is 0.569. The molecule has 5 rings (SSSR count). The van der Waals surface area contributed by atoms with Crippen LogP contribution in [-0.2, 0) is 0 Å². The number of H-pyrrole nitrogens is 1. The Morgan fingerprint density at radius 3 is 1.34 bits per heavy atom. The van der Waals surface area contributed by atoms with E-state index < -0.39 is 115 Å². The quantitative estimate of drug-likeness (QED) is 0.0282. The lowest BCUT2D eigenvalue weighted by atomic mass is 9.61. The smallest absolute Gasteiger partial charge is 0.399 e. The van der Waals surface area contributed by atoms with Crippen molar-refractivity contribution in [3.05, 3.63) is 131 Å². The van der Waals surface area contributed by atoms with Crippen LogP contribution in [0.3, 0.4) is 0 Å². The number of nitrogens with zero attached hydrogens (tertiary/aromatic N) is 2. The third-order valence-corrected chi connectivity index (χ3v) is 20.7. The van der Waals surface area contributed by atoms with Gasteiger partial charge in [-0.25, -0.2) is 4.39 Å². The van der Waals surface area contributed by atoms with Crippen LogP contribution in [0, 0.1) is 5.92 Å². The van der Waals surface area contributed by atoms with Crippen LogP contribution in [0.15, 0.2) is 109 Å². The van der Waals surface area contributed by atoms with Gasteiger partial charge in [-0.1, -0.05) is 201 Å². The van der Waals surface area contributed by atoms with E-state index >= 15 is 57.1 Å². The third-order valence-electron chi connectivity index (χ3n) is 14.8. The summed E-state index contributed by atoms with van der Waals surface area (Å²) in [7, 11) is -5.35. The molecule has 428 valence electrons. The topological polar surface area (TPSA) is 81.7 Å². The average Bonchev–Trinajstić information content (AvgIpc) is 3.85. The first-order chi connectivity index (χ1) is 36.4. The van der Waals surface area contributed by atoms with Gasteiger partial charge in [-0.05, 0) is 54.9 Å². The van der Waals surface area contributed by atoms with Gasteiger partial charge in [0.25, 0.3) is 0 Å². The molecule has 0 aliphatic rings. The molecule has 0 saturated carbocycles. The SMILES string of the molecule is CCCCCCCC[P+](CCCCCCCC)(C(F)CC(F)(F)F)C(C(CCCCCC)C(c1ccccc1)C(F)(F)F)(C(c1ccccc1)C(F)(F)F)C(c1ccccc1)C(F)(F)F.O=C([O-])c1cccc2n[nH]nc12. The molecule has 1 heterocycles. The van der Waals surface area contributed by atoms with Crippen molar-refractivity contribution in [1.82, 2.24) is 15.4 Å². The summed E-state index contributed by atoms with van der Waals surface area (Å²) in [6.07, 6.45) is -22.0. The minimum absolute atomic E-state index is 0.0567. The first-order valence-electron chi connectivity index (χ1n) is 26.9. The van der Waals surface area contributed by atoms with E-state index in [0.717, 1.165) is 86.3 Å². The Labute approximate surface area is 444 Å². The summed E-state index contributed by atoms with van der Waals surface area (Å²) in [6, 6.07) is 21.2. The Bertz CT molecular complexity index is 2360. The predicted octanol–water partition coefficient (Wildman–Crippen LogP) is 18.7. The maximum Gasteiger partial charge on any atom is 0.399 e. The van der Waals surface area contributed by atoms with E-state index in [-0.39, 0.29) is 44.1 Å². The van der Waals surface area contributed by atoms with Gasteiger partial charge >= 0.3 is 24.7 Å². The Balaban J connectivity index is 0.000000925. The number of aromatic carboxylic acids is 1. The highest BCUT2D eigenvalue weighted by Gasteiger charge is 2.82. The van der Waals surface area contributed by atoms with E-state index in [9.17, 15) is 9.90 Å². The molecular formula is C58H73F13N3O2P. The zero-order chi connectivity index (χ0) is 56.9. The van der Waals surface area contributed by atoms with Crippen LogP contribution in [0.25, 0.3) is 11.0 Å². The van der Waals surface area contributed by atoms with Crippen molar-refractivity contribution >= 4 is 24.3 Å². The molecule has 0 saturated heterocycles. The zero-order valence-electron chi connectivity index (χ0n) is 44.0. The summed E-state index contributed by atoms with van der Waals surface area (Å²) in [5, 5.41) is 16.4. The molecule has 0 radical (unpaired) electrons. The van der Waals surface area contributed by atoms with Gasteiger partial charge in [0.2, 0.25) is 5.91 Å². The molecule has 1 N–H and O–H groups in total. The number of hydrogen-bond donors (Lipinski definition) is 1. The van der Waals surface area contributed by atoms with Crippen molar-refractivity contribution in [3.8, 4) is 0 Å². The van der Waals surface area contributed by atoms with E-state index in [0.29, 0.717) is 49.6 Å². The summed E-state index contributed by atoms with van der Waals surface area (Å²) in [5.74, 6) is -17.3. The van der Waals surface area contributed by atoms with Gasteiger partial charge < -0.3 is 9.90 Å². The molecular weight excluding hydrogens is 1050 g/mol. The van der Waals surface area contributed by atoms with Gasteiger partial charge in [-0.2, -0.15) is 68.1 Å². The van der Waals surface area contributed by atoms with Crippen LogP contribution in [0.2, 0.25) is 0 Å². The number of hydrogen-bond acceptors (Lipinski definition) is 4. The number of aromatic amines is 1. The number of nitrogens with one attached hydrogen (secondary N) is 1.